The quantitative estimate of drug-likeness (QED) is 0.192. The van der Waals surface area contributed by atoms with E-state index in [4.69, 9.17) is 15.2 Å². The smallest absolute Gasteiger partial charge is 0.339 e. The van der Waals surface area contributed by atoms with Gasteiger partial charge < -0.3 is 20.1 Å². The Morgan fingerprint density at radius 1 is 1.05 bits per heavy atom. The van der Waals surface area contributed by atoms with Crippen molar-refractivity contribution in [2.45, 2.75) is 142 Å². The second kappa shape index (κ2) is 14.4. The van der Waals surface area contributed by atoms with Crippen molar-refractivity contribution in [1.82, 2.24) is 4.90 Å². The number of hydrogen-bond donors (Lipinski definition) is 2. The second-order valence-corrected chi connectivity index (χ2v) is 20.5. The summed E-state index contributed by atoms with van der Waals surface area (Å²) in [6.07, 6.45) is 19.6. The molecule has 0 amide bonds. The number of hydrogen-bond acceptors (Lipinski definition) is 6. The third-order valence-corrected chi connectivity index (χ3v) is 16.7. The second-order valence-electron chi connectivity index (χ2n) is 20.5. The molecule has 11 atom stereocenters. The third-order valence-electron chi connectivity index (χ3n) is 16.7. The average molecular weight is 753 g/mol. The molecule has 8 bridgehead atoms. The van der Waals surface area contributed by atoms with Gasteiger partial charge in [-0.15, -0.1) is 0 Å². The lowest BCUT2D eigenvalue weighted by atomic mass is 9.31. The Morgan fingerprint density at radius 3 is 2.60 bits per heavy atom. The highest BCUT2D eigenvalue weighted by Crippen LogP contribution is 2.84. The monoisotopic (exact) mass is 753 g/mol. The number of carbonyl (C=O) groups excluding carboxylic acids is 2. The van der Waals surface area contributed by atoms with Crippen molar-refractivity contribution in [3.05, 3.63) is 58.4 Å². The molecule has 1 aromatic carbocycles. The summed E-state index contributed by atoms with van der Waals surface area (Å²) in [7, 11) is 0. The zero-order valence-electron chi connectivity index (χ0n) is 34.7. The maximum atomic E-state index is 15.3. The molecule has 11 aliphatic rings. The lowest BCUT2D eigenvalue weighted by Gasteiger charge is -2.69. The number of rotatable bonds is 10. The van der Waals surface area contributed by atoms with Crippen LogP contribution in [-0.4, -0.2) is 61.6 Å². The summed E-state index contributed by atoms with van der Waals surface area (Å²) in [6, 6.07) is 7.43. The van der Waals surface area contributed by atoms with E-state index in [0.29, 0.717) is 42.3 Å². The topological polar surface area (TPSA) is 86.3 Å². The third kappa shape index (κ3) is 5.65. The number of nitrogens with two attached hydrogens (primary N) is 1. The minimum Gasteiger partial charge on any atom is -0.449 e. The molecule has 2 saturated carbocycles. The van der Waals surface area contributed by atoms with Gasteiger partial charge in [0.05, 0.1) is 30.1 Å². The Morgan fingerprint density at radius 2 is 1.85 bits per heavy atom. The van der Waals surface area contributed by atoms with Gasteiger partial charge in [-0.3, -0.25) is 9.69 Å². The maximum Gasteiger partial charge on any atom is 0.339 e. The zero-order valence-corrected chi connectivity index (χ0v) is 34.7. The molecule has 2 spiro atoms. The van der Waals surface area contributed by atoms with Crippen LogP contribution in [0.3, 0.4) is 0 Å². The summed E-state index contributed by atoms with van der Waals surface area (Å²) in [4.78, 5) is 34.6. The molecule has 8 heterocycles. The van der Waals surface area contributed by atoms with Crippen LogP contribution in [0.5, 0.6) is 0 Å². The Labute approximate surface area is 331 Å². The Balaban J connectivity index is 1.26. The standard InChI is InChI=1S/C48H69N3O4/c1-6-9-37-16-18-42-47-20-19-36(38-22-31(4)15-17-40(38)51-28-33-24-34(29-51)27-50(37)26-33)25-46(47,45(53)54-42)41(23-32(5)14-13-30(2)3)48(47)39-12-7-10-35(11-8-21-49)43(39)44(52)55-48/h7,10,12,18,25,30-34,37-38,40-41H,6,8-9,11,13-17,19-24,26-29,49H2,1-5H3/p+1/t31-,32-,33+,34+,37+,38+,40?,41+,46+,47-,48+/m1/s1. The number of fused-ring (bicyclic) bond motifs is 2. The summed E-state index contributed by atoms with van der Waals surface area (Å²) >= 11 is 0. The Kier molecular flexibility index (Phi) is 9.97. The Bertz CT molecular complexity index is 1720. The molecule has 3 aliphatic carbocycles. The highest BCUT2D eigenvalue weighted by Gasteiger charge is 2.91. The average Bonchev–Trinajstić information content (AvgIpc) is 3.61. The van der Waals surface area contributed by atoms with Crippen LogP contribution < -0.4 is 10.6 Å². The Hall–Kier alpha value is -2.48. The highest BCUT2D eigenvalue weighted by molar-refractivity contribution is 5.99. The number of aryl methyl sites for hydroxylation is 1. The number of quaternary nitrogens is 1. The van der Waals surface area contributed by atoms with E-state index < -0.39 is 16.4 Å². The van der Waals surface area contributed by atoms with Gasteiger partial charge in [-0.05, 0) is 100 Å². The van der Waals surface area contributed by atoms with Gasteiger partial charge in [0.1, 0.15) is 11.2 Å². The first-order chi connectivity index (χ1) is 26.6. The molecule has 0 radical (unpaired) electrons. The molecule has 55 heavy (non-hydrogen) atoms. The van der Waals surface area contributed by atoms with E-state index in [1.807, 2.05) is 4.90 Å². The van der Waals surface area contributed by atoms with Crippen molar-refractivity contribution in [3.63, 3.8) is 0 Å². The van der Waals surface area contributed by atoms with E-state index >= 15 is 4.79 Å². The minimum atomic E-state index is -0.940. The first-order valence-electron chi connectivity index (χ1n) is 22.8. The van der Waals surface area contributed by atoms with Gasteiger partial charge in [0.25, 0.3) is 0 Å². The summed E-state index contributed by atoms with van der Waals surface area (Å²) < 4.78 is 13.9. The highest BCUT2D eigenvalue weighted by atomic mass is 16.6. The molecular weight excluding hydrogens is 683 g/mol. The molecule has 8 aliphatic heterocycles. The number of carbonyl (C=O) groups is 2. The number of piperidine rings is 2. The van der Waals surface area contributed by atoms with Gasteiger partial charge in [0.15, 0.2) is 5.60 Å². The molecule has 300 valence electrons. The molecule has 5 fully saturated rings. The molecule has 1 unspecified atom stereocenters. The van der Waals surface area contributed by atoms with Crippen molar-refractivity contribution in [2.75, 3.05) is 32.7 Å². The number of nitrogens with one attached hydrogen (secondary N) is 1. The largest absolute Gasteiger partial charge is 0.449 e. The molecular formula is C48H70N3O4+. The van der Waals surface area contributed by atoms with Crippen LogP contribution in [0.1, 0.15) is 140 Å². The molecule has 3 saturated heterocycles. The van der Waals surface area contributed by atoms with Crippen LogP contribution in [0.2, 0.25) is 0 Å². The molecule has 1 aromatic rings. The van der Waals surface area contributed by atoms with Crippen molar-refractivity contribution in [1.29, 1.82) is 0 Å². The van der Waals surface area contributed by atoms with Crippen LogP contribution in [0.25, 0.3) is 0 Å². The lowest BCUT2D eigenvalue weighted by molar-refractivity contribution is -0.942. The fourth-order valence-electron chi connectivity index (χ4n) is 14.5. The minimum absolute atomic E-state index is 0.0830. The number of benzene rings is 1. The van der Waals surface area contributed by atoms with Crippen LogP contribution in [0, 0.1) is 52.3 Å². The van der Waals surface area contributed by atoms with E-state index in [-0.39, 0.29) is 17.9 Å². The van der Waals surface area contributed by atoms with Crippen molar-refractivity contribution >= 4 is 11.9 Å². The normalized spacial score (nSPS) is 41.8. The van der Waals surface area contributed by atoms with Gasteiger partial charge >= 0.3 is 11.9 Å². The lowest BCUT2D eigenvalue weighted by Crippen LogP contribution is -3.19. The maximum absolute atomic E-state index is 15.3. The predicted octanol–water partition coefficient (Wildman–Crippen LogP) is 7.38. The number of ether oxygens (including phenoxy) is 2. The van der Waals surface area contributed by atoms with Crippen LogP contribution in [0.4, 0.5) is 0 Å². The summed E-state index contributed by atoms with van der Waals surface area (Å²) in [5, 5.41) is 0. The zero-order chi connectivity index (χ0) is 38.3. The van der Waals surface area contributed by atoms with Crippen LogP contribution in [0.15, 0.2) is 41.7 Å². The van der Waals surface area contributed by atoms with E-state index in [1.54, 1.807) is 0 Å². The fraction of sp³-hybridized carbons (Fsp3) is 0.750. The number of nitrogens with zero attached hydrogens (tertiary/aromatic N) is 1. The van der Waals surface area contributed by atoms with Gasteiger partial charge in [-0.2, -0.15) is 0 Å². The summed E-state index contributed by atoms with van der Waals surface area (Å²) in [5.41, 5.74) is 7.78. The van der Waals surface area contributed by atoms with Gasteiger partial charge in [0, 0.05) is 54.8 Å². The molecule has 0 aromatic heterocycles. The molecule has 3 N–H and O–H groups in total. The molecule has 7 heteroatoms. The fourth-order valence-corrected chi connectivity index (χ4v) is 14.5. The predicted molar refractivity (Wildman–Crippen MR) is 216 cm³/mol. The van der Waals surface area contributed by atoms with E-state index in [1.165, 1.54) is 57.4 Å². The van der Waals surface area contributed by atoms with Crippen molar-refractivity contribution < 1.29 is 24.0 Å². The van der Waals surface area contributed by atoms with Crippen LogP contribution >= 0.6 is 0 Å². The van der Waals surface area contributed by atoms with Crippen LogP contribution in [-0.2, 0) is 26.3 Å². The van der Waals surface area contributed by atoms with Gasteiger partial charge in [-0.25, -0.2) is 4.79 Å². The SMILES string of the molecule is CCC[C@H]1CC=C2OC(=O)[C@@]34C=C(CC[C@@]23[C@@]2(OC(=O)c3c(CCCN)cccc32)[C@H]4C[C@H](C)CCC(C)C)[C@@H]2C[C@H](C)CCC2[NH+]2C[C@H]3C[C@@H](CN1C3)C2. The first-order valence-corrected chi connectivity index (χ1v) is 22.8. The van der Waals surface area contributed by atoms with Gasteiger partial charge in [0.2, 0.25) is 0 Å². The van der Waals surface area contributed by atoms with Gasteiger partial charge in [-0.1, -0.05) is 83.7 Å². The van der Waals surface area contributed by atoms with Crippen molar-refractivity contribution in [2.24, 2.45) is 58.0 Å². The van der Waals surface area contributed by atoms with E-state index in [0.717, 1.165) is 98.5 Å². The number of esters is 2. The summed E-state index contributed by atoms with van der Waals surface area (Å²) in [5.74, 6) is 3.99. The van der Waals surface area contributed by atoms with Crippen molar-refractivity contribution in [3.8, 4) is 0 Å². The van der Waals surface area contributed by atoms with E-state index in [2.05, 4.69) is 69.9 Å². The summed E-state index contributed by atoms with van der Waals surface area (Å²) in [6.45, 7) is 17.3. The molecule has 12 rings (SSSR count). The van der Waals surface area contributed by atoms with E-state index in [9.17, 15) is 4.79 Å². The molecule has 7 nitrogen and oxygen atoms in total. The first kappa shape index (κ1) is 38.1.